The van der Waals surface area contributed by atoms with Crippen LogP contribution in [-0.4, -0.2) is 51.9 Å². The number of nitrogens with two attached hydrogens (primary N) is 1. The zero-order chi connectivity index (χ0) is 25.1. The number of fused-ring (bicyclic) bond motifs is 1. The third kappa shape index (κ3) is 4.98. The highest BCUT2D eigenvalue weighted by Gasteiger charge is 2.50. The average Bonchev–Trinajstić information content (AvgIpc) is 3.14. The van der Waals surface area contributed by atoms with Crippen LogP contribution in [0.2, 0.25) is 0 Å². The fraction of sp³-hybridized carbons (Fsp3) is 0.619. The number of carbonyl (C=O) groups excluding carboxylic acids is 1. The minimum Gasteiger partial charge on any atom is -0.341 e. The Morgan fingerprint density at radius 3 is 2.32 bits per heavy atom. The molecule has 1 aliphatic carbocycles. The fourth-order valence-electron chi connectivity index (χ4n) is 4.60. The summed E-state index contributed by atoms with van der Waals surface area (Å²) in [6.45, 7) is -2.07. The van der Waals surface area contributed by atoms with Gasteiger partial charge in [0.25, 0.3) is 5.92 Å². The van der Waals surface area contributed by atoms with E-state index in [2.05, 4.69) is 9.97 Å². The predicted molar refractivity (Wildman–Crippen MR) is 105 cm³/mol. The predicted octanol–water partition coefficient (Wildman–Crippen LogP) is 5.04. The molecular formula is C21H22F8N4O. The van der Waals surface area contributed by atoms with Crippen molar-refractivity contribution in [3.8, 4) is 0 Å². The molecule has 34 heavy (non-hydrogen) atoms. The summed E-state index contributed by atoms with van der Waals surface area (Å²) < 4.78 is 108. The van der Waals surface area contributed by atoms with E-state index < -0.39 is 66.8 Å². The van der Waals surface area contributed by atoms with Gasteiger partial charge in [-0.1, -0.05) is 6.07 Å². The number of hydrogen-bond acceptors (Lipinski definition) is 3. The lowest BCUT2D eigenvalue weighted by Gasteiger charge is -2.40. The zero-order valence-electron chi connectivity index (χ0n) is 17.7. The Kier molecular flexibility index (Phi) is 6.06. The Morgan fingerprint density at radius 2 is 1.76 bits per heavy atom. The van der Waals surface area contributed by atoms with Gasteiger partial charge in [0.1, 0.15) is 11.3 Å². The number of aromatic nitrogens is 2. The highest BCUT2D eigenvalue weighted by Crippen LogP contribution is 2.41. The van der Waals surface area contributed by atoms with Crippen molar-refractivity contribution in [2.75, 3.05) is 13.1 Å². The number of rotatable bonds is 5. The SMILES string of the molecule is N[C@H](c1nc2c(F)c([C@H](CC(F)(F)F)C(=O)N3CC(F)(F)C3)ccc2[nH]1)C1CCC(F)(F)CC1. The van der Waals surface area contributed by atoms with Gasteiger partial charge in [-0.3, -0.25) is 4.79 Å². The maximum absolute atomic E-state index is 15.3. The minimum atomic E-state index is -4.86. The first kappa shape index (κ1) is 24.7. The summed E-state index contributed by atoms with van der Waals surface area (Å²) in [7, 11) is 0. The monoisotopic (exact) mass is 498 g/mol. The van der Waals surface area contributed by atoms with E-state index in [1.165, 1.54) is 6.07 Å². The first-order chi connectivity index (χ1) is 15.7. The topological polar surface area (TPSA) is 75.0 Å². The molecule has 2 fully saturated rings. The largest absolute Gasteiger partial charge is 0.390 e. The van der Waals surface area contributed by atoms with Gasteiger partial charge in [-0.2, -0.15) is 13.2 Å². The Morgan fingerprint density at radius 1 is 1.15 bits per heavy atom. The van der Waals surface area contributed by atoms with Crippen LogP contribution in [0, 0.1) is 11.7 Å². The number of nitrogens with zero attached hydrogens (tertiary/aromatic N) is 2. The first-order valence-corrected chi connectivity index (χ1v) is 10.7. The summed E-state index contributed by atoms with van der Waals surface area (Å²) in [5.41, 5.74) is 5.27. The van der Waals surface area contributed by atoms with Gasteiger partial charge in [-0.05, 0) is 24.8 Å². The lowest BCUT2D eigenvalue weighted by molar-refractivity contribution is -0.175. The number of aromatic amines is 1. The van der Waals surface area contributed by atoms with Gasteiger partial charge in [-0.25, -0.2) is 26.9 Å². The molecule has 1 saturated heterocycles. The van der Waals surface area contributed by atoms with Crippen LogP contribution in [0.15, 0.2) is 12.1 Å². The molecular weight excluding hydrogens is 476 g/mol. The second-order valence-electron chi connectivity index (χ2n) is 9.13. The Hall–Kier alpha value is -2.44. The summed E-state index contributed by atoms with van der Waals surface area (Å²) >= 11 is 0. The molecule has 0 bridgehead atoms. The molecule has 0 unspecified atom stereocenters. The molecule has 4 rings (SSSR count). The van der Waals surface area contributed by atoms with Gasteiger partial charge in [0.15, 0.2) is 5.82 Å². The molecule has 2 aliphatic rings. The van der Waals surface area contributed by atoms with Gasteiger partial charge in [0, 0.05) is 18.4 Å². The molecule has 1 saturated carbocycles. The number of hydrogen-bond donors (Lipinski definition) is 2. The third-order valence-electron chi connectivity index (χ3n) is 6.49. The van der Waals surface area contributed by atoms with Crippen LogP contribution in [0.5, 0.6) is 0 Å². The molecule has 1 aromatic carbocycles. The maximum atomic E-state index is 15.3. The maximum Gasteiger partial charge on any atom is 0.390 e. The van der Waals surface area contributed by atoms with Crippen molar-refractivity contribution in [2.24, 2.45) is 11.7 Å². The Balaban J connectivity index is 1.62. The zero-order valence-corrected chi connectivity index (χ0v) is 17.7. The van der Waals surface area contributed by atoms with E-state index in [0.29, 0.717) is 4.90 Å². The molecule has 188 valence electrons. The highest BCUT2D eigenvalue weighted by atomic mass is 19.4. The van der Waals surface area contributed by atoms with Crippen LogP contribution >= 0.6 is 0 Å². The molecule has 0 radical (unpaired) electrons. The van der Waals surface area contributed by atoms with Crippen LogP contribution in [0.3, 0.4) is 0 Å². The summed E-state index contributed by atoms with van der Waals surface area (Å²) in [5.74, 6) is -10.7. The molecule has 0 spiro atoms. The number of halogens is 8. The smallest absolute Gasteiger partial charge is 0.341 e. The number of benzene rings is 1. The van der Waals surface area contributed by atoms with Gasteiger partial charge in [0.2, 0.25) is 11.8 Å². The number of alkyl halides is 7. The second-order valence-corrected chi connectivity index (χ2v) is 9.13. The van der Waals surface area contributed by atoms with E-state index in [4.69, 9.17) is 5.73 Å². The molecule has 2 atom stereocenters. The highest BCUT2D eigenvalue weighted by molar-refractivity contribution is 5.87. The lowest BCUT2D eigenvalue weighted by atomic mass is 9.82. The number of imidazole rings is 1. The van der Waals surface area contributed by atoms with Crippen molar-refractivity contribution in [3.05, 3.63) is 29.3 Å². The third-order valence-corrected chi connectivity index (χ3v) is 6.49. The van der Waals surface area contributed by atoms with E-state index in [-0.39, 0.29) is 48.5 Å². The summed E-state index contributed by atoms with van der Waals surface area (Å²) in [6, 6.07) is 1.38. The molecule has 2 heterocycles. The molecule has 1 amide bonds. The van der Waals surface area contributed by atoms with Crippen LogP contribution in [-0.2, 0) is 4.79 Å². The van der Waals surface area contributed by atoms with Crippen molar-refractivity contribution in [2.45, 2.75) is 62.1 Å². The standard InChI is InChI=1S/C21H22F8N4O/c22-14-11(12(7-21(27,28)29)18(34)33-8-20(25,26)9-33)1-2-13-16(14)32-17(31-13)15(30)10-3-5-19(23,24)6-4-10/h1-2,10,12,15H,3-9,30H2,(H,31,32)/t12-,15-/m0/s1. The van der Waals surface area contributed by atoms with Gasteiger partial charge in [-0.15, -0.1) is 0 Å². The number of carbonyl (C=O) groups is 1. The molecule has 13 heteroatoms. The summed E-state index contributed by atoms with van der Waals surface area (Å²) in [5, 5.41) is 0. The van der Waals surface area contributed by atoms with E-state index in [9.17, 15) is 35.5 Å². The quantitative estimate of drug-likeness (QED) is 0.568. The number of nitrogens with one attached hydrogen (secondary N) is 1. The first-order valence-electron chi connectivity index (χ1n) is 10.7. The van der Waals surface area contributed by atoms with Crippen molar-refractivity contribution < 1.29 is 39.9 Å². The Bertz CT molecular complexity index is 1060. The molecule has 5 nitrogen and oxygen atoms in total. The molecule has 3 N–H and O–H groups in total. The van der Waals surface area contributed by atoms with E-state index in [0.717, 1.165) is 6.07 Å². The average molecular weight is 498 g/mol. The van der Waals surface area contributed by atoms with Crippen LogP contribution < -0.4 is 5.73 Å². The lowest BCUT2D eigenvalue weighted by Crippen LogP contribution is -2.59. The fourth-order valence-corrected chi connectivity index (χ4v) is 4.60. The van der Waals surface area contributed by atoms with Crippen molar-refractivity contribution >= 4 is 16.9 Å². The van der Waals surface area contributed by atoms with E-state index >= 15 is 4.39 Å². The second kappa shape index (κ2) is 8.35. The minimum absolute atomic E-state index is 0.0855. The van der Waals surface area contributed by atoms with Gasteiger partial charge < -0.3 is 15.6 Å². The van der Waals surface area contributed by atoms with E-state index in [1.54, 1.807) is 0 Å². The molecule has 1 aromatic heterocycles. The van der Waals surface area contributed by atoms with Gasteiger partial charge in [0.05, 0.1) is 37.0 Å². The normalized spacial score (nSPS) is 22.4. The summed E-state index contributed by atoms with van der Waals surface area (Å²) in [6.07, 6.45) is -7.04. The van der Waals surface area contributed by atoms with Crippen LogP contribution in [0.1, 0.15) is 55.5 Å². The van der Waals surface area contributed by atoms with Crippen LogP contribution in [0.25, 0.3) is 11.0 Å². The van der Waals surface area contributed by atoms with Crippen molar-refractivity contribution in [1.29, 1.82) is 0 Å². The Labute approximate surface area is 188 Å². The number of amides is 1. The van der Waals surface area contributed by atoms with E-state index in [1.807, 2.05) is 0 Å². The number of H-pyrrole nitrogens is 1. The van der Waals surface area contributed by atoms with Crippen LogP contribution in [0.4, 0.5) is 35.1 Å². The summed E-state index contributed by atoms with van der Waals surface area (Å²) in [4.78, 5) is 20.0. The molecule has 2 aromatic rings. The van der Waals surface area contributed by atoms with Crippen molar-refractivity contribution in [3.63, 3.8) is 0 Å². The number of likely N-dealkylation sites (tertiary alicyclic amines) is 1. The molecule has 1 aliphatic heterocycles. The van der Waals surface area contributed by atoms with Crippen molar-refractivity contribution in [1.82, 2.24) is 14.9 Å². The van der Waals surface area contributed by atoms with Gasteiger partial charge >= 0.3 is 6.18 Å².